The van der Waals surface area contributed by atoms with Gasteiger partial charge in [0.1, 0.15) is 0 Å². The standard InChI is InChI=1S/C38H28BN2O2/c40-26-28-20-23-33(24-21-28)39-41(27-35-34-19-11-10-12-29(34)22-25-36(35)42-39)37(30-13-4-1-5-14-30)38(43-39,31-15-6-2-7-16-31)32-17-8-3-9-18-32/h1-25,37H,27H2/q-1/t37-,39?/m1/s1. The molecule has 2 heterocycles. The minimum absolute atomic E-state index is 0.235. The monoisotopic (exact) mass is 555 g/mol. The van der Waals surface area contributed by atoms with Gasteiger partial charge in [-0.15, -0.1) is 5.46 Å². The molecule has 0 aromatic heterocycles. The molecule has 0 bridgehead atoms. The fourth-order valence-corrected chi connectivity index (χ4v) is 7.24. The Morgan fingerprint density at radius 1 is 0.674 bits per heavy atom. The van der Waals surface area contributed by atoms with Crippen LogP contribution in [0.4, 0.5) is 0 Å². The van der Waals surface area contributed by atoms with Gasteiger partial charge in [-0.3, -0.25) is 0 Å². The molecule has 1 fully saturated rings. The van der Waals surface area contributed by atoms with E-state index in [1.807, 2.05) is 36.4 Å². The van der Waals surface area contributed by atoms with E-state index in [4.69, 9.17) is 9.31 Å². The highest BCUT2D eigenvalue weighted by Crippen LogP contribution is 2.58. The third kappa shape index (κ3) is 3.85. The Hall–Kier alpha value is -5.15. The van der Waals surface area contributed by atoms with Gasteiger partial charge >= 0.3 is 6.69 Å². The van der Waals surface area contributed by atoms with E-state index in [2.05, 4.69) is 126 Å². The average Bonchev–Trinajstić information content (AvgIpc) is 3.40. The van der Waals surface area contributed by atoms with Gasteiger partial charge in [-0.2, -0.15) is 5.26 Å². The molecule has 1 unspecified atom stereocenters. The van der Waals surface area contributed by atoms with Crippen LogP contribution in [0.3, 0.4) is 0 Å². The number of fused-ring (bicyclic) bond motifs is 4. The van der Waals surface area contributed by atoms with Gasteiger partial charge in [0.05, 0.1) is 23.0 Å². The van der Waals surface area contributed by atoms with Gasteiger partial charge in [0, 0.05) is 11.6 Å². The molecule has 0 saturated carbocycles. The Morgan fingerprint density at radius 2 is 1.28 bits per heavy atom. The van der Waals surface area contributed by atoms with Crippen molar-refractivity contribution in [3.8, 4) is 11.8 Å². The second kappa shape index (κ2) is 9.99. The summed E-state index contributed by atoms with van der Waals surface area (Å²) in [5.41, 5.74) is 4.97. The molecule has 0 N–H and O–H groups in total. The smallest absolute Gasteiger partial charge is 0.404 e. The first-order valence-electron chi connectivity index (χ1n) is 14.7. The topological polar surface area (TPSA) is 45.5 Å². The first-order chi connectivity index (χ1) is 21.2. The van der Waals surface area contributed by atoms with Gasteiger partial charge in [0.25, 0.3) is 0 Å². The summed E-state index contributed by atoms with van der Waals surface area (Å²) in [5.74, 6) is 0.822. The molecule has 8 rings (SSSR count). The van der Waals surface area contributed by atoms with Crippen molar-refractivity contribution in [2.24, 2.45) is 0 Å². The predicted molar refractivity (Wildman–Crippen MR) is 171 cm³/mol. The Labute approximate surface area is 251 Å². The molecule has 0 radical (unpaired) electrons. The van der Waals surface area contributed by atoms with Crippen molar-refractivity contribution in [1.82, 2.24) is 4.81 Å². The normalized spacial score (nSPS) is 20.5. The fraction of sp³-hybridized carbons (Fsp3) is 0.0789. The minimum Gasteiger partial charge on any atom is -0.676 e. The van der Waals surface area contributed by atoms with Crippen molar-refractivity contribution in [3.63, 3.8) is 0 Å². The molecule has 6 aromatic carbocycles. The van der Waals surface area contributed by atoms with Crippen molar-refractivity contribution in [2.45, 2.75) is 18.2 Å². The average molecular weight is 555 g/mol. The van der Waals surface area contributed by atoms with Gasteiger partial charge in [-0.1, -0.05) is 133 Å². The zero-order chi connectivity index (χ0) is 28.9. The van der Waals surface area contributed by atoms with Crippen LogP contribution in [0.2, 0.25) is 0 Å². The minimum atomic E-state index is -2.25. The number of rotatable bonds is 4. The second-order valence-corrected chi connectivity index (χ2v) is 11.4. The summed E-state index contributed by atoms with van der Waals surface area (Å²) in [5, 5.41) is 12.0. The van der Waals surface area contributed by atoms with Gasteiger partial charge < -0.3 is 14.1 Å². The lowest BCUT2D eigenvalue weighted by atomic mass is 9.60. The largest absolute Gasteiger partial charge is 0.676 e. The molecule has 2 aliphatic heterocycles. The molecule has 5 heteroatoms. The van der Waals surface area contributed by atoms with Crippen LogP contribution in [-0.2, 0) is 16.8 Å². The zero-order valence-corrected chi connectivity index (χ0v) is 23.5. The lowest BCUT2D eigenvalue weighted by molar-refractivity contribution is 0.0870. The molecule has 0 aliphatic carbocycles. The number of nitriles is 1. The lowest BCUT2D eigenvalue weighted by Gasteiger charge is -2.51. The molecule has 2 aliphatic rings. The van der Waals surface area contributed by atoms with E-state index in [1.54, 1.807) is 0 Å². The molecular weight excluding hydrogens is 527 g/mol. The highest BCUT2D eigenvalue weighted by molar-refractivity contribution is 6.80. The zero-order valence-electron chi connectivity index (χ0n) is 23.5. The van der Waals surface area contributed by atoms with Crippen LogP contribution in [0.25, 0.3) is 10.8 Å². The lowest BCUT2D eigenvalue weighted by Crippen LogP contribution is -2.66. The molecule has 43 heavy (non-hydrogen) atoms. The summed E-state index contributed by atoms with van der Waals surface area (Å²) in [6.45, 7) is -1.62. The van der Waals surface area contributed by atoms with E-state index in [1.165, 1.54) is 10.8 Å². The van der Waals surface area contributed by atoms with Crippen molar-refractivity contribution in [3.05, 3.63) is 179 Å². The van der Waals surface area contributed by atoms with Gasteiger partial charge in [0.15, 0.2) is 0 Å². The third-order valence-corrected chi connectivity index (χ3v) is 9.11. The Balaban J connectivity index is 1.47. The Bertz CT molecular complexity index is 1940. The molecule has 0 spiro atoms. The van der Waals surface area contributed by atoms with E-state index in [0.29, 0.717) is 12.1 Å². The molecule has 6 aromatic rings. The van der Waals surface area contributed by atoms with Crippen LogP contribution >= 0.6 is 0 Å². The van der Waals surface area contributed by atoms with Crippen LogP contribution in [-0.4, -0.2) is 11.5 Å². The van der Waals surface area contributed by atoms with E-state index in [9.17, 15) is 5.26 Å². The quantitative estimate of drug-likeness (QED) is 0.212. The Kier molecular flexibility index (Phi) is 5.94. The van der Waals surface area contributed by atoms with E-state index >= 15 is 0 Å². The summed E-state index contributed by atoms with van der Waals surface area (Å²) in [4.78, 5) is 2.44. The Morgan fingerprint density at radius 3 is 1.93 bits per heavy atom. The number of nitrogens with zero attached hydrogens (tertiary/aromatic N) is 2. The first kappa shape index (κ1) is 25.6. The molecule has 4 nitrogen and oxygen atoms in total. The maximum Gasteiger partial charge on any atom is 0.404 e. The summed E-state index contributed by atoms with van der Waals surface area (Å²) in [7, 11) is 0. The summed E-state index contributed by atoms with van der Waals surface area (Å²) < 4.78 is 14.9. The highest BCUT2D eigenvalue weighted by atomic mass is 16.6. The highest BCUT2D eigenvalue weighted by Gasteiger charge is 2.61. The van der Waals surface area contributed by atoms with Crippen molar-refractivity contribution >= 4 is 22.9 Å². The third-order valence-electron chi connectivity index (χ3n) is 9.11. The van der Waals surface area contributed by atoms with Gasteiger partial charge in [-0.25, -0.2) is 0 Å². The van der Waals surface area contributed by atoms with Crippen LogP contribution < -0.4 is 10.1 Å². The van der Waals surface area contributed by atoms with Crippen molar-refractivity contribution in [1.29, 1.82) is 5.26 Å². The van der Waals surface area contributed by atoms with Gasteiger partial charge in [0.2, 0.25) is 0 Å². The summed E-state index contributed by atoms with van der Waals surface area (Å²) >= 11 is 0. The molecule has 2 atom stereocenters. The molecule has 206 valence electrons. The van der Waals surface area contributed by atoms with Gasteiger partial charge in [-0.05, 0) is 52.2 Å². The maximum absolute atomic E-state index is 9.61. The predicted octanol–water partition coefficient (Wildman–Crippen LogP) is 7.47. The van der Waals surface area contributed by atoms with E-state index < -0.39 is 12.3 Å². The van der Waals surface area contributed by atoms with E-state index in [0.717, 1.165) is 33.5 Å². The summed E-state index contributed by atoms with van der Waals surface area (Å²) in [6.07, 6.45) is 0. The SMILES string of the molecule is N#Cc1ccc([B-]23Oc4ccc5ccccc5c4CN2[C@H](c2ccccc2)C(c2ccccc2)(c2ccccc2)O3)cc1. The molecule has 0 amide bonds. The fourth-order valence-electron chi connectivity index (χ4n) is 7.24. The van der Waals surface area contributed by atoms with Crippen LogP contribution in [0.15, 0.2) is 152 Å². The van der Waals surface area contributed by atoms with Crippen LogP contribution in [0, 0.1) is 11.3 Å². The number of hydrogen-bond donors (Lipinski definition) is 0. The van der Waals surface area contributed by atoms with E-state index in [-0.39, 0.29) is 6.04 Å². The first-order valence-corrected chi connectivity index (χ1v) is 14.7. The van der Waals surface area contributed by atoms with Crippen molar-refractivity contribution in [2.75, 3.05) is 0 Å². The molecule has 1 saturated heterocycles. The maximum atomic E-state index is 9.61. The number of hydrogen-bond acceptors (Lipinski definition) is 4. The second-order valence-electron chi connectivity index (χ2n) is 11.4. The van der Waals surface area contributed by atoms with Crippen LogP contribution in [0.5, 0.6) is 5.75 Å². The summed E-state index contributed by atoms with van der Waals surface area (Å²) in [6, 6.07) is 54.1. The van der Waals surface area contributed by atoms with Crippen molar-refractivity contribution < 1.29 is 9.31 Å². The van der Waals surface area contributed by atoms with Crippen LogP contribution in [0.1, 0.15) is 33.9 Å². The molecular formula is C38H28BN2O2-. The number of benzene rings is 6.